The van der Waals surface area contributed by atoms with Crippen LogP contribution in [0.2, 0.25) is 0 Å². The molecule has 0 saturated carbocycles. The maximum atomic E-state index is 12.1. The van der Waals surface area contributed by atoms with E-state index in [4.69, 9.17) is 0 Å². The first-order valence-corrected chi connectivity index (χ1v) is 6.64. The molecule has 0 fully saturated rings. The highest BCUT2D eigenvalue weighted by Crippen LogP contribution is 2.14. The van der Waals surface area contributed by atoms with Crippen LogP contribution in [-0.4, -0.2) is 29.1 Å². The Bertz CT molecular complexity index is 604. The second kappa shape index (κ2) is 6.23. The summed E-state index contributed by atoms with van der Waals surface area (Å²) in [6, 6.07) is 5.71. The van der Waals surface area contributed by atoms with Gasteiger partial charge < -0.3 is 15.2 Å². The van der Waals surface area contributed by atoms with Crippen LogP contribution in [0.15, 0.2) is 30.6 Å². The summed E-state index contributed by atoms with van der Waals surface area (Å²) in [6.45, 7) is 2.52. The molecule has 1 amide bonds. The molecule has 5 nitrogen and oxygen atoms in total. The fourth-order valence-corrected chi connectivity index (χ4v) is 2.09. The standard InChI is InChI=1S/C15H20N4O/c1-11-10-12(16-2)4-5-13(11)15(20)18-7-6-14-17-8-9-19(14)3/h4-5,8-10,16H,6-7H2,1-3H3,(H,18,20). The third kappa shape index (κ3) is 3.17. The average molecular weight is 272 g/mol. The van der Waals surface area contributed by atoms with Gasteiger partial charge >= 0.3 is 0 Å². The normalized spacial score (nSPS) is 10.3. The van der Waals surface area contributed by atoms with E-state index in [2.05, 4.69) is 15.6 Å². The molecule has 0 bridgehead atoms. The second-order valence-electron chi connectivity index (χ2n) is 4.74. The van der Waals surface area contributed by atoms with Gasteiger partial charge in [0.1, 0.15) is 5.82 Å². The molecule has 1 aromatic carbocycles. The number of carbonyl (C=O) groups is 1. The molecule has 1 aromatic heterocycles. The number of hydrogen-bond donors (Lipinski definition) is 2. The van der Waals surface area contributed by atoms with Crippen LogP contribution in [0.25, 0.3) is 0 Å². The Hall–Kier alpha value is -2.30. The molecule has 0 unspecified atom stereocenters. The van der Waals surface area contributed by atoms with Crippen molar-refractivity contribution < 1.29 is 4.79 Å². The Balaban J connectivity index is 1.93. The van der Waals surface area contributed by atoms with Crippen molar-refractivity contribution in [3.05, 3.63) is 47.5 Å². The summed E-state index contributed by atoms with van der Waals surface area (Å²) in [5, 5.41) is 5.99. The van der Waals surface area contributed by atoms with Crippen molar-refractivity contribution in [3.63, 3.8) is 0 Å². The van der Waals surface area contributed by atoms with Gasteiger partial charge in [-0.05, 0) is 30.7 Å². The number of amides is 1. The monoisotopic (exact) mass is 272 g/mol. The number of aromatic nitrogens is 2. The predicted molar refractivity (Wildman–Crippen MR) is 80.0 cm³/mol. The smallest absolute Gasteiger partial charge is 0.251 e. The quantitative estimate of drug-likeness (QED) is 0.871. The van der Waals surface area contributed by atoms with E-state index in [9.17, 15) is 4.79 Å². The lowest BCUT2D eigenvalue weighted by atomic mass is 10.1. The molecule has 0 atom stereocenters. The molecule has 106 valence electrons. The molecule has 20 heavy (non-hydrogen) atoms. The van der Waals surface area contributed by atoms with Crippen LogP contribution >= 0.6 is 0 Å². The van der Waals surface area contributed by atoms with Gasteiger partial charge in [-0.2, -0.15) is 0 Å². The fourth-order valence-electron chi connectivity index (χ4n) is 2.09. The Kier molecular flexibility index (Phi) is 4.40. The molecule has 0 saturated heterocycles. The molecule has 2 aromatic rings. The summed E-state index contributed by atoms with van der Waals surface area (Å²) in [6.07, 6.45) is 4.39. The lowest BCUT2D eigenvalue weighted by molar-refractivity contribution is 0.0953. The van der Waals surface area contributed by atoms with Crippen LogP contribution in [0.1, 0.15) is 21.7 Å². The summed E-state index contributed by atoms with van der Waals surface area (Å²) in [7, 11) is 3.81. The molecule has 1 heterocycles. The van der Waals surface area contributed by atoms with Crippen LogP contribution < -0.4 is 10.6 Å². The minimum atomic E-state index is -0.0423. The number of benzene rings is 1. The maximum Gasteiger partial charge on any atom is 0.251 e. The van der Waals surface area contributed by atoms with E-state index in [0.29, 0.717) is 12.1 Å². The van der Waals surface area contributed by atoms with E-state index in [1.54, 1.807) is 6.20 Å². The number of nitrogens with one attached hydrogen (secondary N) is 2. The van der Waals surface area contributed by atoms with Crippen molar-refractivity contribution in [2.75, 3.05) is 18.9 Å². The van der Waals surface area contributed by atoms with Crippen LogP contribution in [0, 0.1) is 6.92 Å². The number of nitrogens with zero attached hydrogens (tertiary/aromatic N) is 2. The van der Waals surface area contributed by atoms with E-state index in [1.165, 1.54) is 0 Å². The molecule has 0 aliphatic rings. The number of imidazole rings is 1. The van der Waals surface area contributed by atoms with Gasteiger partial charge in [0, 0.05) is 50.7 Å². The number of anilines is 1. The Labute approximate surface area is 119 Å². The maximum absolute atomic E-state index is 12.1. The number of rotatable bonds is 5. The molecule has 2 N–H and O–H groups in total. The molecule has 0 radical (unpaired) electrons. The molecule has 5 heteroatoms. The van der Waals surface area contributed by atoms with Crippen molar-refractivity contribution in [1.29, 1.82) is 0 Å². The highest BCUT2D eigenvalue weighted by Gasteiger charge is 2.09. The van der Waals surface area contributed by atoms with E-state index >= 15 is 0 Å². The first-order chi connectivity index (χ1) is 9.61. The van der Waals surface area contributed by atoms with Gasteiger partial charge in [0.25, 0.3) is 5.91 Å². The molecular weight excluding hydrogens is 252 g/mol. The number of carbonyl (C=O) groups excluding carboxylic acids is 1. The van der Waals surface area contributed by atoms with Crippen LogP contribution in [0.4, 0.5) is 5.69 Å². The summed E-state index contributed by atoms with van der Waals surface area (Å²) in [5.74, 6) is 0.923. The lowest BCUT2D eigenvalue weighted by Crippen LogP contribution is -2.27. The topological polar surface area (TPSA) is 59.0 Å². The van der Waals surface area contributed by atoms with Gasteiger partial charge in [-0.25, -0.2) is 4.98 Å². The van der Waals surface area contributed by atoms with Crippen molar-refractivity contribution in [2.45, 2.75) is 13.3 Å². The summed E-state index contributed by atoms with van der Waals surface area (Å²) >= 11 is 0. The van der Waals surface area contributed by atoms with Crippen LogP contribution in [-0.2, 0) is 13.5 Å². The van der Waals surface area contributed by atoms with E-state index in [0.717, 1.165) is 23.5 Å². The Morgan fingerprint density at radius 3 is 2.80 bits per heavy atom. The number of hydrogen-bond acceptors (Lipinski definition) is 3. The molecule has 0 aliphatic heterocycles. The molecule has 2 rings (SSSR count). The average Bonchev–Trinajstić information content (AvgIpc) is 2.84. The van der Waals surface area contributed by atoms with Gasteiger partial charge in [0.05, 0.1) is 0 Å². The van der Waals surface area contributed by atoms with E-state index < -0.39 is 0 Å². The van der Waals surface area contributed by atoms with Gasteiger partial charge in [0.2, 0.25) is 0 Å². The van der Waals surface area contributed by atoms with Crippen molar-refractivity contribution in [3.8, 4) is 0 Å². The van der Waals surface area contributed by atoms with Crippen LogP contribution in [0.3, 0.4) is 0 Å². The highest BCUT2D eigenvalue weighted by atomic mass is 16.1. The Morgan fingerprint density at radius 2 is 2.20 bits per heavy atom. The van der Waals surface area contributed by atoms with Gasteiger partial charge in [-0.3, -0.25) is 4.79 Å². The summed E-state index contributed by atoms with van der Waals surface area (Å²) in [5.41, 5.74) is 2.68. The van der Waals surface area contributed by atoms with Gasteiger partial charge in [-0.1, -0.05) is 0 Å². The first-order valence-electron chi connectivity index (χ1n) is 6.64. The third-order valence-corrected chi connectivity index (χ3v) is 3.31. The third-order valence-electron chi connectivity index (χ3n) is 3.31. The summed E-state index contributed by atoms with van der Waals surface area (Å²) in [4.78, 5) is 16.3. The molecule has 0 spiro atoms. The predicted octanol–water partition coefficient (Wildman–Crippen LogP) is 1.74. The van der Waals surface area contributed by atoms with Crippen molar-refractivity contribution in [1.82, 2.24) is 14.9 Å². The van der Waals surface area contributed by atoms with E-state index in [1.807, 2.05) is 50.0 Å². The van der Waals surface area contributed by atoms with E-state index in [-0.39, 0.29) is 5.91 Å². The minimum absolute atomic E-state index is 0.0423. The summed E-state index contributed by atoms with van der Waals surface area (Å²) < 4.78 is 1.96. The zero-order chi connectivity index (χ0) is 14.5. The van der Waals surface area contributed by atoms with Gasteiger partial charge in [-0.15, -0.1) is 0 Å². The largest absolute Gasteiger partial charge is 0.388 e. The second-order valence-corrected chi connectivity index (χ2v) is 4.74. The fraction of sp³-hybridized carbons (Fsp3) is 0.333. The zero-order valence-corrected chi connectivity index (χ0v) is 12.1. The molecular formula is C15H20N4O. The lowest BCUT2D eigenvalue weighted by Gasteiger charge is -2.09. The van der Waals surface area contributed by atoms with Gasteiger partial charge in [0.15, 0.2) is 0 Å². The highest BCUT2D eigenvalue weighted by molar-refractivity contribution is 5.96. The minimum Gasteiger partial charge on any atom is -0.388 e. The zero-order valence-electron chi connectivity index (χ0n) is 12.1. The van der Waals surface area contributed by atoms with Crippen molar-refractivity contribution >= 4 is 11.6 Å². The number of aryl methyl sites for hydroxylation is 2. The Morgan fingerprint density at radius 1 is 1.40 bits per heavy atom. The van der Waals surface area contributed by atoms with Crippen LogP contribution in [0.5, 0.6) is 0 Å². The van der Waals surface area contributed by atoms with Crippen molar-refractivity contribution in [2.24, 2.45) is 7.05 Å². The molecule has 0 aliphatic carbocycles. The first kappa shape index (κ1) is 14.1. The SMILES string of the molecule is CNc1ccc(C(=O)NCCc2nccn2C)c(C)c1.